The second-order valence-electron chi connectivity index (χ2n) is 7.40. The van der Waals surface area contributed by atoms with E-state index >= 15 is 0 Å². The number of hydrogen-bond donors (Lipinski definition) is 1. The van der Waals surface area contributed by atoms with Crippen molar-refractivity contribution in [3.63, 3.8) is 0 Å². The molecule has 25 heavy (non-hydrogen) atoms. The fourth-order valence-electron chi connectivity index (χ4n) is 2.95. The summed E-state index contributed by atoms with van der Waals surface area (Å²) in [5.74, 6) is -1.43. The first-order valence-corrected chi connectivity index (χ1v) is 10.4. The third-order valence-electron chi connectivity index (χ3n) is 4.78. The number of carbonyl (C=O) groups is 2. The summed E-state index contributed by atoms with van der Waals surface area (Å²) < 4.78 is 5.25. The molecular weight excluding hydrogens is 316 g/mol. The number of aliphatic carboxylic acids is 1. The summed E-state index contributed by atoms with van der Waals surface area (Å²) >= 11 is 0. The molecule has 0 aromatic rings. The predicted molar refractivity (Wildman–Crippen MR) is 103 cm³/mol. The Labute approximate surface area is 154 Å². The summed E-state index contributed by atoms with van der Waals surface area (Å²) in [6.07, 6.45) is 15.8. The van der Waals surface area contributed by atoms with E-state index in [0.29, 0.717) is 12.8 Å². The number of esters is 1. The van der Waals surface area contributed by atoms with Gasteiger partial charge < -0.3 is 9.84 Å². The molecule has 0 aromatic carbocycles. The second kappa shape index (κ2) is 15.2. The van der Waals surface area contributed by atoms with Gasteiger partial charge in [-0.3, -0.25) is 4.79 Å². The highest BCUT2D eigenvalue weighted by molar-refractivity contribution is 5.81. The van der Waals surface area contributed by atoms with E-state index in [9.17, 15) is 14.7 Å². The van der Waals surface area contributed by atoms with Crippen molar-refractivity contribution in [2.24, 2.45) is 0 Å². The van der Waals surface area contributed by atoms with Crippen molar-refractivity contribution < 1.29 is 19.4 Å². The van der Waals surface area contributed by atoms with Gasteiger partial charge in [0.15, 0.2) is 0 Å². The van der Waals surface area contributed by atoms with E-state index in [0.717, 1.165) is 32.1 Å². The molecule has 0 radical (unpaired) electrons. The van der Waals surface area contributed by atoms with Crippen molar-refractivity contribution >= 4 is 11.9 Å². The quantitative estimate of drug-likeness (QED) is 0.246. The number of carboxylic acid groups (broad SMARTS) is 1. The highest BCUT2D eigenvalue weighted by atomic mass is 16.6. The number of carboxylic acids is 1. The van der Waals surface area contributed by atoms with Gasteiger partial charge in [0.1, 0.15) is 0 Å². The molecule has 0 spiro atoms. The van der Waals surface area contributed by atoms with Crippen molar-refractivity contribution in [2.75, 3.05) is 0 Å². The van der Waals surface area contributed by atoms with Gasteiger partial charge in [-0.25, -0.2) is 4.79 Å². The van der Waals surface area contributed by atoms with Gasteiger partial charge in [-0.2, -0.15) is 0 Å². The molecule has 1 unspecified atom stereocenters. The van der Waals surface area contributed by atoms with Crippen LogP contribution in [0.1, 0.15) is 117 Å². The van der Waals surface area contributed by atoms with Crippen molar-refractivity contribution in [1.29, 1.82) is 0 Å². The molecule has 0 heterocycles. The van der Waals surface area contributed by atoms with Gasteiger partial charge in [0.2, 0.25) is 5.60 Å². The topological polar surface area (TPSA) is 63.6 Å². The van der Waals surface area contributed by atoms with E-state index in [1.165, 1.54) is 58.3 Å². The third-order valence-corrected chi connectivity index (χ3v) is 4.78. The SMILES string of the molecule is CCCCCCCCCCCCCC(=O)OC(C)(CCCC)C(=O)O. The van der Waals surface area contributed by atoms with Crippen molar-refractivity contribution in [3.05, 3.63) is 0 Å². The van der Waals surface area contributed by atoms with Gasteiger partial charge in [0, 0.05) is 6.42 Å². The highest BCUT2D eigenvalue weighted by Gasteiger charge is 2.36. The van der Waals surface area contributed by atoms with Crippen LogP contribution in [0, 0.1) is 0 Å². The number of ether oxygens (including phenoxy) is 1. The van der Waals surface area contributed by atoms with E-state index in [2.05, 4.69) is 6.92 Å². The number of rotatable bonds is 17. The van der Waals surface area contributed by atoms with E-state index in [-0.39, 0.29) is 5.97 Å². The van der Waals surface area contributed by atoms with Crippen molar-refractivity contribution in [3.8, 4) is 0 Å². The maximum atomic E-state index is 11.9. The largest absolute Gasteiger partial charge is 0.478 e. The van der Waals surface area contributed by atoms with Crippen LogP contribution in [0.3, 0.4) is 0 Å². The van der Waals surface area contributed by atoms with Crippen LogP contribution in [0.15, 0.2) is 0 Å². The Bertz CT molecular complexity index is 354. The predicted octanol–water partition coefficient (Wildman–Crippen LogP) is 6.26. The summed E-state index contributed by atoms with van der Waals surface area (Å²) in [6.45, 7) is 5.74. The van der Waals surface area contributed by atoms with Crippen LogP contribution in [0.2, 0.25) is 0 Å². The maximum absolute atomic E-state index is 11.9. The van der Waals surface area contributed by atoms with Gasteiger partial charge in [0.05, 0.1) is 0 Å². The molecular formula is C21H40O4. The molecule has 0 aromatic heterocycles. The first-order chi connectivity index (χ1) is 12.0. The molecule has 0 aliphatic heterocycles. The summed E-state index contributed by atoms with van der Waals surface area (Å²) in [4.78, 5) is 23.2. The molecule has 4 nitrogen and oxygen atoms in total. The van der Waals surface area contributed by atoms with Crippen LogP contribution in [0.4, 0.5) is 0 Å². The van der Waals surface area contributed by atoms with Crippen LogP contribution < -0.4 is 0 Å². The minimum absolute atomic E-state index is 0.325. The molecule has 0 rings (SSSR count). The average Bonchev–Trinajstić information content (AvgIpc) is 2.57. The molecule has 0 aliphatic rings. The van der Waals surface area contributed by atoms with Gasteiger partial charge in [-0.15, -0.1) is 0 Å². The Hall–Kier alpha value is -1.06. The molecule has 148 valence electrons. The molecule has 1 atom stereocenters. The first kappa shape index (κ1) is 23.9. The Morgan fingerprint density at radius 2 is 1.20 bits per heavy atom. The summed E-state index contributed by atoms with van der Waals surface area (Å²) in [5, 5.41) is 9.29. The Kier molecular flexibility index (Phi) is 14.6. The molecule has 0 aliphatic carbocycles. The fraction of sp³-hybridized carbons (Fsp3) is 0.905. The first-order valence-electron chi connectivity index (χ1n) is 10.4. The van der Waals surface area contributed by atoms with Crippen LogP contribution in [-0.2, 0) is 14.3 Å². The van der Waals surface area contributed by atoms with E-state index in [4.69, 9.17) is 4.74 Å². The fourth-order valence-corrected chi connectivity index (χ4v) is 2.95. The molecule has 0 saturated heterocycles. The lowest BCUT2D eigenvalue weighted by atomic mass is 9.99. The van der Waals surface area contributed by atoms with Crippen LogP contribution >= 0.6 is 0 Å². The average molecular weight is 357 g/mol. The number of hydrogen-bond acceptors (Lipinski definition) is 3. The van der Waals surface area contributed by atoms with Gasteiger partial charge in [0.25, 0.3) is 0 Å². The molecule has 0 fully saturated rings. The molecule has 0 saturated carbocycles. The lowest BCUT2D eigenvalue weighted by molar-refractivity contribution is -0.177. The minimum atomic E-state index is -1.37. The zero-order chi connectivity index (χ0) is 19.0. The lowest BCUT2D eigenvalue weighted by Crippen LogP contribution is -2.40. The zero-order valence-electron chi connectivity index (χ0n) is 16.8. The van der Waals surface area contributed by atoms with E-state index in [1.54, 1.807) is 0 Å². The van der Waals surface area contributed by atoms with E-state index < -0.39 is 11.6 Å². The Morgan fingerprint density at radius 3 is 1.64 bits per heavy atom. The standard InChI is InChI=1S/C21H40O4/c1-4-6-8-9-10-11-12-13-14-15-16-17-19(22)25-21(3,20(23)24)18-7-5-2/h4-18H2,1-3H3,(H,23,24). The normalized spacial score (nSPS) is 13.4. The number of carbonyl (C=O) groups excluding carboxylic acids is 1. The second-order valence-corrected chi connectivity index (χ2v) is 7.40. The van der Waals surface area contributed by atoms with Gasteiger partial charge in [-0.05, 0) is 26.2 Å². The van der Waals surface area contributed by atoms with E-state index in [1.807, 2.05) is 6.92 Å². The van der Waals surface area contributed by atoms with Gasteiger partial charge in [-0.1, -0.05) is 84.5 Å². The van der Waals surface area contributed by atoms with Crippen LogP contribution in [-0.4, -0.2) is 22.6 Å². The van der Waals surface area contributed by atoms with Crippen LogP contribution in [0.5, 0.6) is 0 Å². The lowest BCUT2D eigenvalue weighted by Gasteiger charge is -2.25. The van der Waals surface area contributed by atoms with Crippen molar-refractivity contribution in [1.82, 2.24) is 0 Å². The van der Waals surface area contributed by atoms with Crippen molar-refractivity contribution in [2.45, 2.75) is 123 Å². The molecule has 0 bridgehead atoms. The highest BCUT2D eigenvalue weighted by Crippen LogP contribution is 2.21. The monoisotopic (exact) mass is 356 g/mol. The Balaban J connectivity index is 3.67. The van der Waals surface area contributed by atoms with Gasteiger partial charge >= 0.3 is 11.9 Å². The maximum Gasteiger partial charge on any atom is 0.347 e. The molecule has 1 N–H and O–H groups in total. The summed E-state index contributed by atoms with van der Waals surface area (Å²) in [5.41, 5.74) is -1.37. The molecule has 0 amide bonds. The molecule has 4 heteroatoms. The summed E-state index contributed by atoms with van der Waals surface area (Å²) in [6, 6.07) is 0. The third kappa shape index (κ3) is 12.9. The minimum Gasteiger partial charge on any atom is -0.478 e. The Morgan fingerprint density at radius 1 is 0.760 bits per heavy atom. The van der Waals surface area contributed by atoms with Crippen LogP contribution in [0.25, 0.3) is 0 Å². The summed E-state index contributed by atoms with van der Waals surface area (Å²) in [7, 11) is 0. The zero-order valence-corrected chi connectivity index (χ0v) is 16.8. The smallest absolute Gasteiger partial charge is 0.347 e. The number of unbranched alkanes of at least 4 members (excludes halogenated alkanes) is 11.